The molecule has 7 nitrogen and oxygen atoms in total. The third kappa shape index (κ3) is 4.72. The maximum Gasteiger partial charge on any atom is 0.243 e. The quantitative estimate of drug-likeness (QED) is 0.767. The fourth-order valence-electron chi connectivity index (χ4n) is 3.30. The summed E-state index contributed by atoms with van der Waals surface area (Å²) < 4.78 is 49.8. The van der Waals surface area contributed by atoms with Crippen LogP contribution in [0.15, 0.2) is 58.3 Å². The monoisotopic (exact) mass is 423 g/mol. The molecule has 1 fully saturated rings. The number of rotatable bonds is 6. The molecule has 9 heteroatoms. The number of anilines is 1. The second-order valence-electron chi connectivity index (χ2n) is 7.00. The summed E-state index contributed by atoms with van der Waals surface area (Å²) in [6, 6.07) is 13.0. The minimum Gasteiger partial charge on any atom is -0.372 e. The summed E-state index contributed by atoms with van der Waals surface area (Å²) in [5.74, 6) is 0. The molecule has 1 saturated heterocycles. The van der Waals surface area contributed by atoms with E-state index in [2.05, 4.69) is 4.90 Å². The Labute approximate surface area is 166 Å². The Morgan fingerprint density at radius 3 is 2.14 bits per heavy atom. The zero-order valence-corrected chi connectivity index (χ0v) is 17.4. The van der Waals surface area contributed by atoms with Gasteiger partial charge >= 0.3 is 0 Å². The first kappa shape index (κ1) is 20.8. The fourth-order valence-corrected chi connectivity index (χ4v) is 5.14. The molecule has 0 spiro atoms. The van der Waals surface area contributed by atoms with Crippen molar-refractivity contribution in [3.63, 3.8) is 0 Å². The summed E-state index contributed by atoms with van der Waals surface area (Å²) in [6.07, 6.45) is 3.66. The van der Waals surface area contributed by atoms with Gasteiger partial charge in [0.2, 0.25) is 20.0 Å². The van der Waals surface area contributed by atoms with E-state index in [9.17, 15) is 16.8 Å². The molecule has 2 aromatic rings. The summed E-state index contributed by atoms with van der Waals surface area (Å²) >= 11 is 0. The molecule has 0 aliphatic carbocycles. The van der Waals surface area contributed by atoms with Crippen LogP contribution >= 0.6 is 0 Å². The minimum atomic E-state index is -3.97. The standard InChI is InChI=1S/C19H25N3O4S2/c1-21(28(25,26)19-7-5-6-18(14-19)27(20,23)24)15-16-8-10-17(11-9-16)22-12-3-2-4-13-22/h5-11,14H,2-4,12-13,15H2,1H3,(H2,20,23,24). The summed E-state index contributed by atoms with van der Waals surface area (Å²) in [6.45, 7) is 2.28. The van der Waals surface area contributed by atoms with Crippen LogP contribution in [0.1, 0.15) is 24.8 Å². The number of hydrogen-bond acceptors (Lipinski definition) is 5. The second kappa shape index (κ2) is 8.20. The van der Waals surface area contributed by atoms with Crippen LogP contribution in [0.4, 0.5) is 5.69 Å². The predicted octanol–water partition coefficient (Wildman–Crippen LogP) is 2.15. The van der Waals surface area contributed by atoms with Crippen LogP contribution in [0.2, 0.25) is 0 Å². The molecule has 0 aromatic heterocycles. The summed E-state index contributed by atoms with van der Waals surface area (Å²) in [5.41, 5.74) is 2.00. The molecule has 0 unspecified atom stereocenters. The number of nitrogens with two attached hydrogens (primary N) is 1. The van der Waals surface area contributed by atoms with E-state index in [1.807, 2.05) is 24.3 Å². The molecule has 1 heterocycles. The van der Waals surface area contributed by atoms with Gasteiger partial charge in [-0.15, -0.1) is 0 Å². The lowest BCUT2D eigenvalue weighted by Crippen LogP contribution is -2.29. The number of benzene rings is 2. The molecule has 3 rings (SSSR count). The van der Waals surface area contributed by atoms with Crippen molar-refractivity contribution in [3.05, 3.63) is 54.1 Å². The van der Waals surface area contributed by atoms with Crippen LogP contribution < -0.4 is 10.0 Å². The van der Waals surface area contributed by atoms with Gasteiger partial charge in [0.25, 0.3) is 0 Å². The minimum absolute atomic E-state index is 0.105. The largest absolute Gasteiger partial charge is 0.372 e. The third-order valence-corrected chi connectivity index (χ3v) is 7.62. The molecule has 0 amide bonds. The van der Waals surface area contributed by atoms with Crippen molar-refractivity contribution in [2.75, 3.05) is 25.0 Å². The lowest BCUT2D eigenvalue weighted by molar-refractivity contribution is 0.466. The SMILES string of the molecule is CN(Cc1ccc(N2CCCCC2)cc1)S(=O)(=O)c1cccc(S(N)(=O)=O)c1. The highest BCUT2D eigenvalue weighted by Gasteiger charge is 2.23. The van der Waals surface area contributed by atoms with E-state index in [0.717, 1.165) is 30.4 Å². The van der Waals surface area contributed by atoms with Crippen LogP contribution in [0.25, 0.3) is 0 Å². The van der Waals surface area contributed by atoms with Crippen molar-refractivity contribution < 1.29 is 16.8 Å². The molecule has 152 valence electrons. The average molecular weight is 424 g/mol. The maximum absolute atomic E-state index is 12.8. The van der Waals surface area contributed by atoms with Crippen molar-refractivity contribution in [1.29, 1.82) is 0 Å². The van der Waals surface area contributed by atoms with Gasteiger partial charge in [0.1, 0.15) is 0 Å². The van der Waals surface area contributed by atoms with Crippen LogP contribution in [0.5, 0.6) is 0 Å². The van der Waals surface area contributed by atoms with Crippen LogP contribution in [0, 0.1) is 0 Å². The smallest absolute Gasteiger partial charge is 0.243 e. The molecule has 0 bridgehead atoms. The van der Waals surface area contributed by atoms with Gasteiger partial charge in [-0.1, -0.05) is 18.2 Å². The van der Waals surface area contributed by atoms with Gasteiger partial charge in [0.15, 0.2) is 0 Å². The Balaban J connectivity index is 1.75. The number of nitrogens with zero attached hydrogens (tertiary/aromatic N) is 2. The zero-order valence-electron chi connectivity index (χ0n) is 15.8. The molecule has 0 saturated carbocycles. The topological polar surface area (TPSA) is 101 Å². The van der Waals surface area contributed by atoms with E-state index in [4.69, 9.17) is 5.14 Å². The highest BCUT2D eigenvalue weighted by atomic mass is 32.2. The number of sulfonamides is 2. The van der Waals surface area contributed by atoms with E-state index in [1.54, 1.807) is 0 Å². The van der Waals surface area contributed by atoms with Crippen LogP contribution in [-0.4, -0.2) is 41.3 Å². The van der Waals surface area contributed by atoms with Crippen LogP contribution in [0.3, 0.4) is 0 Å². The van der Waals surface area contributed by atoms with Gasteiger partial charge in [-0.05, 0) is 55.2 Å². The van der Waals surface area contributed by atoms with E-state index < -0.39 is 20.0 Å². The van der Waals surface area contributed by atoms with Crippen LogP contribution in [-0.2, 0) is 26.6 Å². The predicted molar refractivity (Wildman–Crippen MR) is 109 cm³/mol. The highest BCUT2D eigenvalue weighted by molar-refractivity contribution is 7.90. The molecular weight excluding hydrogens is 398 g/mol. The van der Waals surface area contributed by atoms with Crippen molar-refractivity contribution >= 4 is 25.7 Å². The number of primary sulfonamides is 1. The first-order valence-electron chi connectivity index (χ1n) is 9.11. The second-order valence-corrected chi connectivity index (χ2v) is 10.6. The van der Waals surface area contributed by atoms with E-state index >= 15 is 0 Å². The summed E-state index contributed by atoms with van der Waals surface area (Å²) in [7, 11) is -6.35. The molecular formula is C19H25N3O4S2. The van der Waals surface area contributed by atoms with E-state index in [-0.39, 0.29) is 16.3 Å². The molecule has 1 aliphatic heterocycles. The van der Waals surface area contributed by atoms with Gasteiger partial charge in [-0.3, -0.25) is 0 Å². The summed E-state index contributed by atoms with van der Waals surface area (Å²) in [5, 5.41) is 5.10. The lowest BCUT2D eigenvalue weighted by Gasteiger charge is -2.29. The maximum atomic E-state index is 12.8. The fraction of sp³-hybridized carbons (Fsp3) is 0.368. The highest BCUT2D eigenvalue weighted by Crippen LogP contribution is 2.23. The van der Waals surface area contributed by atoms with Crippen molar-refractivity contribution in [1.82, 2.24) is 4.31 Å². The normalized spacial score (nSPS) is 15.8. The Morgan fingerprint density at radius 2 is 1.54 bits per heavy atom. The van der Waals surface area contributed by atoms with Gasteiger partial charge in [0.05, 0.1) is 9.79 Å². The van der Waals surface area contributed by atoms with E-state index in [0.29, 0.717) is 0 Å². The Morgan fingerprint density at radius 1 is 0.929 bits per heavy atom. The molecule has 28 heavy (non-hydrogen) atoms. The van der Waals surface area contributed by atoms with Gasteiger partial charge in [-0.25, -0.2) is 22.0 Å². The number of hydrogen-bond donors (Lipinski definition) is 1. The molecule has 2 aromatic carbocycles. The lowest BCUT2D eigenvalue weighted by atomic mass is 10.1. The van der Waals surface area contributed by atoms with Gasteiger partial charge in [-0.2, -0.15) is 4.31 Å². The average Bonchev–Trinajstić information content (AvgIpc) is 2.68. The first-order chi connectivity index (χ1) is 13.2. The number of piperidine rings is 1. The Hall–Kier alpha value is -1.94. The molecule has 2 N–H and O–H groups in total. The zero-order chi connectivity index (χ0) is 20.4. The summed E-state index contributed by atoms with van der Waals surface area (Å²) in [4.78, 5) is 2.01. The molecule has 0 atom stereocenters. The third-order valence-electron chi connectivity index (χ3n) is 4.90. The Bertz CT molecular complexity index is 1030. The van der Waals surface area contributed by atoms with Gasteiger partial charge < -0.3 is 4.90 Å². The van der Waals surface area contributed by atoms with E-state index in [1.165, 1.54) is 48.8 Å². The van der Waals surface area contributed by atoms with Crippen molar-refractivity contribution in [2.24, 2.45) is 5.14 Å². The van der Waals surface area contributed by atoms with Gasteiger partial charge in [0, 0.05) is 32.4 Å². The first-order valence-corrected chi connectivity index (χ1v) is 12.1. The Kier molecular flexibility index (Phi) is 6.09. The molecule has 0 radical (unpaired) electrons. The van der Waals surface area contributed by atoms with Crippen molar-refractivity contribution in [2.45, 2.75) is 35.6 Å². The molecule has 1 aliphatic rings. The van der Waals surface area contributed by atoms with Crippen molar-refractivity contribution in [3.8, 4) is 0 Å².